The molecule has 0 saturated carbocycles. The van der Waals surface area contributed by atoms with Gasteiger partial charge in [-0.2, -0.15) is 0 Å². The fourth-order valence-corrected chi connectivity index (χ4v) is 6.23. The molecule has 1 unspecified atom stereocenters. The van der Waals surface area contributed by atoms with E-state index >= 15 is 0 Å². The number of aryl methyl sites for hydroxylation is 2. The number of hydrogen-bond acceptors (Lipinski definition) is 8. The molecule has 1 aromatic heterocycles. The molecular formula is C41H58N2O8. The van der Waals surface area contributed by atoms with Crippen LogP contribution in [0, 0.1) is 13.8 Å². The zero-order valence-corrected chi connectivity index (χ0v) is 33.1. The molecule has 10 nitrogen and oxygen atoms in total. The maximum atomic E-state index is 14.2. The summed E-state index contributed by atoms with van der Waals surface area (Å²) >= 11 is 0. The highest BCUT2D eigenvalue weighted by Crippen LogP contribution is 2.41. The fraction of sp³-hybridized carbons (Fsp3) is 0.561. The van der Waals surface area contributed by atoms with Crippen molar-refractivity contribution in [3.63, 3.8) is 0 Å². The summed E-state index contributed by atoms with van der Waals surface area (Å²) in [6.07, 6.45) is -0.992. The van der Waals surface area contributed by atoms with Crippen LogP contribution < -0.4 is 5.32 Å². The Balaban J connectivity index is 2.29. The summed E-state index contributed by atoms with van der Waals surface area (Å²) in [5.41, 5.74) is 1.54. The van der Waals surface area contributed by atoms with Crippen molar-refractivity contribution >= 4 is 35.0 Å². The van der Waals surface area contributed by atoms with Gasteiger partial charge in [0.25, 0.3) is 5.91 Å². The van der Waals surface area contributed by atoms with Crippen LogP contribution in [0.1, 0.15) is 124 Å². The SMILES string of the molecule is CCOC(=O)C(C)(C)c1ccc2c(c1)c(C(C)CNC(=O)C(CC)(CC)OC(=O)OC(C)(C)C)c(-c1cc(C)cc(C)c1)n2C(=O)OC(C)(C)C. The summed E-state index contributed by atoms with van der Waals surface area (Å²) in [5.74, 6) is -1.18. The van der Waals surface area contributed by atoms with Gasteiger partial charge in [-0.3, -0.25) is 9.59 Å². The maximum absolute atomic E-state index is 14.2. The van der Waals surface area contributed by atoms with Crippen molar-refractivity contribution in [2.45, 2.75) is 138 Å². The molecule has 2 aromatic carbocycles. The summed E-state index contributed by atoms with van der Waals surface area (Å²) in [5, 5.41) is 3.77. The Morgan fingerprint density at radius 1 is 0.784 bits per heavy atom. The van der Waals surface area contributed by atoms with Gasteiger partial charge in [0.05, 0.1) is 23.2 Å². The number of nitrogens with one attached hydrogen (secondary N) is 1. The molecule has 1 atom stereocenters. The fourth-order valence-electron chi connectivity index (χ4n) is 6.23. The van der Waals surface area contributed by atoms with Gasteiger partial charge in [-0.05, 0) is 130 Å². The second kappa shape index (κ2) is 15.5. The largest absolute Gasteiger partial charge is 0.509 e. The number of nitrogens with zero attached hydrogens (tertiary/aromatic N) is 1. The van der Waals surface area contributed by atoms with E-state index in [4.69, 9.17) is 18.9 Å². The number of hydrogen-bond donors (Lipinski definition) is 1. The molecule has 0 aliphatic heterocycles. The lowest BCUT2D eigenvalue weighted by atomic mass is 9.83. The molecule has 0 saturated heterocycles. The summed E-state index contributed by atoms with van der Waals surface area (Å²) < 4.78 is 24.1. The zero-order chi connectivity index (χ0) is 38.7. The van der Waals surface area contributed by atoms with Gasteiger partial charge in [-0.15, -0.1) is 0 Å². The number of esters is 1. The van der Waals surface area contributed by atoms with Gasteiger partial charge in [0.1, 0.15) is 11.2 Å². The molecular weight excluding hydrogens is 648 g/mol. The van der Waals surface area contributed by atoms with Crippen molar-refractivity contribution in [2.24, 2.45) is 0 Å². The smallest absolute Gasteiger partial charge is 0.465 e. The van der Waals surface area contributed by atoms with Gasteiger partial charge >= 0.3 is 18.2 Å². The molecule has 0 spiro atoms. The number of carbonyl (C=O) groups is 4. The minimum atomic E-state index is -1.44. The van der Waals surface area contributed by atoms with Crippen molar-refractivity contribution in [3.8, 4) is 11.3 Å². The van der Waals surface area contributed by atoms with Crippen LogP contribution >= 0.6 is 0 Å². The van der Waals surface area contributed by atoms with Gasteiger partial charge in [-0.1, -0.05) is 44.0 Å². The Kier molecular flexibility index (Phi) is 12.5. The number of amides is 1. The molecule has 51 heavy (non-hydrogen) atoms. The Morgan fingerprint density at radius 2 is 1.35 bits per heavy atom. The first kappa shape index (κ1) is 41.1. The number of benzene rings is 2. The van der Waals surface area contributed by atoms with E-state index in [2.05, 4.69) is 11.4 Å². The van der Waals surface area contributed by atoms with Gasteiger partial charge in [0.2, 0.25) is 0 Å². The van der Waals surface area contributed by atoms with E-state index in [9.17, 15) is 19.2 Å². The summed E-state index contributed by atoms with van der Waals surface area (Å²) in [7, 11) is 0. The summed E-state index contributed by atoms with van der Waals surface area (Å²) in [4.78, 5) is 53.9. The lowest BCUT2D eigenvalue weighted by molar-refractivity contribution is -0.148. The van der Waals surface area contributed by atoms with Crippen molar-refractivity contribution in [3.05, 3.63) is 58.7 Å². The van der Waals surface area contributed by atoms with E-state index in [0.29, 0.717) is 16.8 Å². The van der Waals surface area contributed by atoms with E-state index in [-0.39, 0.29) is 37.9 Å². The van der Waals surface area contributed by atoms with Gasteiger partial charge in [-0.25, -0.2) is 14.2 Å². The average molecular weight is 707 g/mol. The maximum Gasteiger partial charge on any atom is 0.509 e. The average Bonchev–Trinajstić information content (AvgIpc) is 3.35. The zero-order valence-electron chi connectivity index (χ0n) is 33.1. The lowest BCUT2D eigenvalue weighted by Gasteiger charge is -2.31. The minimum absolute atomic E-state index is 0.148. The lowest BCUT2D eigenvalue weighted by Crippen LogP contribution is -2.50. The third-order valence-corrected chi connectivity index (χ3v) is 8.87. The van der Waals surface area contributed by atoms with Crippen LogP contribution in [0.3, 0.4) is 0 Å². The van der Waals surface area contributed by atoms with Crippen LogP contribution in [0.25, 0.3) is 22.2 Å². The Bertz CT molecular complexity index is 1750. The molecule has 0 bridgehead atoms. The van der Waals surface area contributed by atoms with E-state index in [1.807, 2.05) is 85.7 Å². The molecule has 0 fully saturated rings. The highest BCUT2D eigenvalue weighted by Gasteiger charge is 2.41. The third kappa shape index (κ3) is 9.51. The second-order valence-electron chi connectivity index (χ2n) is 15.9. The molecule has 1 heterocycles. The quantitative estimate of drug-likeness (QED) is 0.155. The van der Waals surface area contributed by atoms with Crippen molar-refractivity contribution in [2.75, 3.05) is 13.2 Å². The number of carbonyl (C=O) groups excluding carboxylic acids is 4. The molecule has 0 aliphatic carbocycles. The van der Waals surface area contributed by atoms with Crippen LogP contribution in [0.15, 0.2) is 36.4 Å². The Morgan fingerprint density at radius 3 is 1.86 bits per heavy atom. The first-order chi connectivity index (χ1) is 23.5. The van der Waals surface area contributed by atoms with Crippen LogP contribution in [0.5, 0.6) is 0 Å². The van der Waals surface area contributed by atoms with E-state index in [0.717, 1.165) is 27.6 Å². The highest BCUT2D eigenvalue weighted by atomic mass is 16.7. The van der Waals surface area contributed by atoms with E-state index in [1.54, 1.807) is 46.1 Å². The second-order valence-corrected chi connectivity index (χ2v) is 15.9. The summed E-state index contributed by atoms with van der Waals surface area (Å²) in [6, 6.07) is 11.7. The van der Waals surface area contributed by atoms with E-state index < -0.39 is 40.4 Å². The topological polar surface area (TPSA) is 122 Å². The molecule has 10 heteroatoms. The molecule has 3 rings (SSSR count). The predicted molar refractivity (Wildman–Crippen MR) is 200 cm³/mol. The Hall–Kier alpha value is -4.34. The molecule has 1 amide bonds. The van der Waals surface area contributed by atoms with Crippen LogP contribution in [-0.2, 0) is 34.0 Å². The predicted octanol–water partition coefficient (Wildman–Crippen LogP) is 9.28. The van der Waals surface area contributed by atoms with Crippen molar-refractivity contribution < 1.29 is 38.1 Å². The van der Waals surface area contributed by atoms with Gasteiger partial charge in [0, 0.05) is 17.8 Å². The highest BCUT2D eigenvalue weighted by molar-refractivity contribution is 6.01. The minimum Gasteiger partial charge on any atom is -0.465 e. The van der Waals surface area contributed by atoms with Gasteiger partial charge in [0.15, 0.2) is 5.60 Å². The third-order valence-electron chi connectivity index (χ3n) is 8.87. The number of ether oxygens (including phenoxy) is 4. The molecule has 0 radical (unpaired) electrons. The molecule has 1 N–H and O–H groups in total. The van der Waals surface area contributed by atoms with E-state index in [1.165, 1.54) is 0 Å². The monoisotopic (exact) mass is 706 g/mol. The number of aromatic nitrogens is 1. The van der Waals surface area contributed by atoms with Crippen molar-refractivity contribution in [1.29, 1.82) is 0 Å². The number of fused-ring (bicyclic) bond motifs is 1. The van der Waals surface area contributed by atoms with Crippen LogP contribution in [-0.4, -0.2) is 58.6 Å². The van der Waals surface area contributed by atoms with Crippen LogP contribution in [0.2, 0.25) is 0 Å². The van der Waals surface area contributed by atoms with Crippen molar-refractivity contribution in [1.82, 2.24) is 9.88 Å². The first-order valence-corrected chi connectivity index (χ1v) is 17.9. The molecule has 3 aromatic rings. The first-order valence-electron chi connectivity index (χ1n) is 17.9. The molecule has 280 valence electrons. The Labute approximate surface area is 303 Å². The number of rotatable bonds is 11. The summed E-state index contributed by atoms with van der Waals surface area (Å²) in [6.45, 7) is 26.0. The standard InChI is InChI=1S/C41H58N2O8/c1-15-41(16-2,51-37(47)50-39(10,11)12)34(44)42-24-27(6)32-30-23-29(40(13,14)35(45)48-17-3)18-19-31(30)43(36(46)49-38(7,8)9)33(32)28-21-25(4)20-26(5)22-28/h18-23,27H,15-17,24H2,1-14H3,(H,42,44). The van der Waals surface area contributed by atoms with Gasteiger partial charge < -0.3 is 24.3 Å². The van der Waals surface area contributed by atoms with Crippen LogP contribution in [0.4, 0.5) is 9.59 Å². The molecule has 0 aliphatic rings. The normalized spacial score (nSPS) is 13.1.